The molecule has 0 unspecified atom stereocenters. The van der Waals surface area contributed by atoms with E-state index in [1.54, 1.807) is 13.0 Å². The number of benzene rings is 2. The van der Waals surface area contributed by atoms with Gasteiger partial charge in [0.1, 0.15) is 5.82 Å². The summed E-state index contributed by atoms with van der Waals surface area (Å²) < 4.78 is 18.7. The first-order chi connectivity index (χ1) is 11.6. The maximum absolute atomic E-state index is 13.1. The van der Waals surface area contributed by atoms with Gasteiger partial charge in [-0.2, -0.15) is 0 Å². The van der Waals surface area contributed by atoms with Crippen LogP contribution in [0.15, 0.2) is 42.5 Å². The fraction of sp³-hybridized carbons (Fsp3) is 0.316. The minimum atomic E-state index is -0.325. The second-order valence-corrected chi connectivity index (χ2v) is 5.59. The van der Waals surface area contributed by atoms with Crippen molar-refractivity contribution in [3.63, 3.8) is 0 Å². The van der Waals surface area contributed by atoms with E-state index in [-0.39, 0.29) is 11.8 Å². The predicted molar refractivity (Wildman–Crippen MR) is 93.4 cm³/mol. The summed E-state index contributed by atoms with van der Waals surface area (Å²) in [5, 5.41) is 5.55. The number of amides is 2. The number of hydrogen-bond donors (Lipinski definition) is 2. The molecule has 0 saturated carbocycles. The predicted octanol–water partition coefficient (Wildman–Crippen LogP) is 4.38. The lowest BCUT2D eigenvalue weighted by Gasteiger charge is -2.13. The second-order valence-electron chi connectivity index (χ2n) is 5.59. The Balaban J connectivity index is 1.91. The van der Waals surface area contributed by atoms with Gasteiger partial charge < -0.3 is 15.4 Å². The van der Waals surface area contributed by atoms with Gasteiger partial charge in [0.2, 0.25) is 0 Å². The van der Waals surface area contributed by atoms with Crippen LogP contribution in [0.5, 0.6) is 0 Å². The van der Waals surface area contributed by atoms with Crippen molar-refractivity contribution in [2.75, 3.05) is 11.9 Å². The van der Waals surface area contributed by atoms with Crippen molar-refractivity contribution in [2.24, 2.45) is 0 Å². The van der Waals surface area contributed by atoms with Gasteiger partial charge in [-0.15, -0.1) is 0 Å². The summed E-state index contributed by atoms with van der Waals surface area (Å²) in [6, 6.07) is 11.8. The maximum Gasteiger partial charge on any atom is 0.319 e. The molecule has 2 aromatic rings. The Morgan fingerprint density at radius 2 is 1.92 bits per heavy atom. The normalized spacial score (nSPS) is 10.5. The van der Waals surface area contributed by atoms with Gasteiger partial charge in [0, 0.05) is 18.8 Å². The first-order valence-electron chi connectivity index (χ1n) is 8.05. The molecule has 128 valence electrons. The fourth-order valence-electron chi connectivity index (χ4n) is 2.31. The molecule has 0 radical (unpaired) electrons. The molecule has 24 heavy (non-hydrogen) atoms. The minimum Gasteiger partial charge on any atom is -0.377 e. The van der Waals surface area contributed by atoms with Crippen LogP contribution in [0.4, 0.5) is 14.9 Å². The second kappa shape index (κ2) is 9.03. The van der Waals surface area contributed by atoms with Crippen molar-refractivity contribution in [3.05, 3.63) is 65.0 Å². The van der Waals surface area contributed by atoms with Gasteiger partial charge in [0.05, 0.1) is 6.61 Å². The summed E-state index contributed by atoms with van der Waals surface area (Å²) >= 11 is 0. The zero-order valence-electron chi connectivity index (χ0n) is 14.1. The molecule has 0 aromatic heterocycles. The van der Waals surface area contributed by atoms with E-state index in [2.05, 4.69) is 17.6 Å². The molecule has 2 aromatic carbocycles. The van der Waals surface area contributed by atoms with Crippen molar-refractivity contribution in [3.8, 4) is 0 Å². The van der Waals surface area contributed by atoms with Crippen molar-refractivity contribution in [1.29, 1.82) is 0 Å². The Kier molecular flexibility index (Phi) is 6.75. The van der Waals surface area contributed by atoms with E-state index in [1.165, 1.54) is 12.1 Å². The molecule has 0 saturated heterocycles. The number of carbonyl (C=O) groups excluding carboxylic acids is 1. The number of anilines is 1. The van der Waals surface area contributed by atoms with E-state index in [9.17, 15) is 9.18 Å². The highest BCUT2D eigenvalue weighted by atomic mass is 19.1. The van der Waals surface area contributed by atoms with E-state index >= 15 is 0 Å². The highest BCUT2D eigenvalue weighted by molar-refractivity contribution is 5.90. The summed E-state index contributed by atoms with van der Waals surface area (Å²) in [5.41, 5.74) is 3.34. The standard InChI is InChI=1S/C19H23FN2O2/c1-3-10-24-13-16-7-5-4-6-15(16)12-21-19(23)22-18-9-8-17(20)11-14(18)2/h4-9,11H,3,10,12-13H2,1-2H3,(H2,21,22,23). The average molecular weight is 330 g/mol. The minimum absolute atomic E-state index is 0.320. The van der Waals surface area contributed by atoms with Gasteiger partial charge in [-0.1, -0.05) is 31.2 Å². The van der Waals surface area contributed by atoms with Crippen molar-refractivity contribution < 1.29 is 13.9 Å². The number of rotatable bonds is 7. The van der Waals surface area contributed by atoms with E-state index in [1.807, 2.05) is 24.3 Å². The number of urea groups is 1. The van der Waals surface area contributed by atoms with E-state index in [4.69, 9.17) is 4.74 Å². The van der Waals surface area contributed by atoms with Gasteiger partial charge in [0.15, 0.2) is 0 Å². The van der Waals surface area contributed by atoms with E-state index < -0.39 is 0 Å². The Bertz CT molecular complexity index is 689. The monoisotopic (exact) mass is 330 g/mol. The van der Waals surface area contributed by atoms with Gasteiger partial charge in [-0.05, 0) is 48.2 Å². The number of nitrogens with one attached hydrogen (secondary N) is 2. The number of ether oxygens (including phenoxy) is 1. The Morgan fingerprint density at radius 3 is 2.62 bits per heavy atom. The highest BCUT2D eigenvalue weighted by Crippen LogP contribution is 2.15. The summed E-state index contributed by atoms with van der Waals surface area (Å²) in [7, 11) is 0. The molecule has 0 bridgehead atoms. The third-order valence-electron chi connectivity index (χ3n) is 3.60. The molecule has 0 aliphatic heterocycles. The molecule has 5 heteroatoms. The lowest BCUT2D eigenvalue weighted by Crippen LogP contribution is -2.28. The molecular formula is C19H23FN2O2. The number of aryl methyl sites for hydroxylation is 1. The first-order valence-corrected chi connectivity index (χ1v) is 8.05. The molecule has 2 N–H and O–H groups in total. The SMILES string of the molecule is CCCOCc1ccccc1CNC(=O)Nc1ccc(F)cc1C. The van der Waals surface area contributed by atoms with Crippen LogP contribution in [0, 0.1) is 12.7 Å². The molecule has 0 aliphatic rings. The zero-order chi connectivity index (χ0) is 17.4. The molecular weight excluding hydrogens is 307 g/mol. The van der Waals surface area contributed by atoms with Crippen LogP contribution in [0.2, 0.25) is 0 Å². The molecule has 0 spiro atoms. The largest absolute Gasteiger partial charge is 0.377 e. The van der Waals surface area contributed by atoms with Crippen LogP contribution < -0.4 is 10.6 Å². The van der Waals surface area contributed by atoms with Crippen LogP contribution in [0.25, 0.3) is 0 Å². The van der Waals surface area contributed by atoms with Crippen molar-refractivity contribution in [1.82, 2.24) is 5.32 Å². The number of hydrogen-bond acceptors (Lipinski definition) is 2. The van der Waals surface area contributed by atoms with Gasteiger partial charge in [0.25, 0.3) is 0 Å². The molecule has 2 amide bonds. The first kappa shape index (κ1) is 17.9. The Hall–Kier alpha value is -2.40. The molecule has 4 nitrogen and oxygen atoms in total. The quantitative estimate of drug-likeness (QED) is 0.740. The van der Waals surface area contributed by atoms with Crippen LogP contribution in [0.3, 0.4) is 0 Å². The number of carbonyl (C=O) groups is 1. The van der Waals surface area contributed by atoms with Gasteiger partial charge >= 0.3 is 6.03 Å². The maximum atomic E-state index is 13.1. The van der Waals surface area contributed by atoms with Crippen LogP contribution >= 0.6 is 0 Å². The van der Waals surface area contributed by atoms with E-state index in [0.29, 0.717) is 31.0 Å². The Morgan fingerprint density at radius 1 is 1.17 bits per heavy atom. The topological polar surface area (TPSA) is 50.4 Å². The van der Waals surface area contributed by atoms with Gasteiger partial charge in [-0.25, -0.2) is 9.18 Å². The number of halogens is 1. The van der Waals surface area contributed by atoms with Crippen LogP contribution in [-0.4, -0.2) is 12.6 Å². The molecule has 0 fully saturated rings. The third-order valence-corrected chi connectivity index (χ3v) is 3.60. The molecule has 0 atom stereocenters. The van der Waals surface area contributed by atoms with Crippen LogP contribution in [-0.2, 0) is 17.9 Å². The summed E-state index contributed by atoms with van der Waals surface area (Å²) in [6.45, 7) is 5.46. The zero-order valence-corrected chi connectivity index (χ0v) is 14.1. The van der Waals surface area contributed by atoms with Crippen molar-refractivity contribution in [2.45, 2.75) is 33.4 Å². The van der Waals surface area contributed by atoms with Crippen molar-refractivity contribution >= 4 is 11.7 Å². The lowest BCUT2D eigenvalue weighted by atomic mass is 10.1. The lowest BCUT2D eigenvalue weighted by molar-refractivity contribution is 0.121. The highest BCUT2D eigenvalue weighted by Gasteiger charge is 2.07. The average Bonchev–Trinajstić information content (AvgIpc) is 2.57. The van der Waals surface area contributed by atoms with Crippen LogP contribution in [0.1, 0.15) is 30.0 Å². The van der Waals surface area contributed by atoms with Gasteiger partial charge in [-0.3, -0.25) is 0 Å². The fourth-order valence-corrected chi connectivity index (χ4v) is 2.31. The summed E-state index contributed by atoms with van der Waals surface area (Å²) in [5.74, 6) is -0.320. The Labute approximate surface area is 142 Å². The molecule has 2 rings (SSSR count). The third kappa shape index (κ3) is 5.35. The molecule has 0 heterocycles. The molecule has 0 aliphatic carbocycles. The summed E-state index contributed by atoms with van der Waals surface area (Å²) in [4.78, 5) is 12.0. The smallest absolute Gasteiger partial charge is 0.319 e. The van der Waals surface area contributed by atoms with E-state index in [0.717, 1.165) is 17.5 Å². The summed E-state index contributed by atoms with van der Waals surface area (Å²) in [6.07, 6.45) is 0.972.